The van der Waals surface area contributed by atoms with E-state index in [1.807, 2.05) is 0 Å². The van der Waals surface area contributed by atoms with Gasteiger partial charge in [-0.3, -0.25) is 0 Å². The van der Waals surface area contributed by atoms with Gasteiger partial charge in [-0.2, -0.15) is 0 Å². The Kier molecular flexibility index (Phi) is 8.18. The number of unbranched alkanes of at least 4 members (excludes halogenated alkanes) is 4. The van der Waals surface area contributed by atoms with Crippen LogP contribution in [0.25, 0.3) is 0 Å². The highest BCUT2D eigenvalue weighted by Crippen LogP contribution is 1.98. The van der Waals surface area contributed by atoms with Crippen LogP contribution in [0.4, 0.5) is 0 Å². The summed E-state index contributed by atoms with van der Waals surface area (Å²) in [5, 5.41) is 0. The Labute approximate surface area is 88.3 Å². The van der Waals surface area contributed by atoms with Crippen LogP contribution in [-0.2, 0) is 10.0 Å². The fourth-order valence-electron chi connectivity index (χ4n) is 1.14. The largest absolute Gasteiger partial charge is 0.215 e. The molecule has 0 aliphatic carbocycles. The van der Waals surface area contributed by atoms with E-state index in [4.69, 9.17) is 0 Å². The Balaban J connectivity index is 3.52. The van der Waals surface area contributed by atoms with Crippen molar-refractivity contribution < 1.29 is 8.42 Å². The molecule has 1 radical (unpaired) electrons. The molecule has 0 unspecified atom stereocenters. The van der Waals surface area contributed by atoms with Crippen molar-refractivity contribution in [2.75, 3.05) is 12.3 Å². The second-order valence-electron chi connectivity index (χ2n) is 3.48. The van der Waals surface area contributed by atoms with E-state index in [2.05, 4.69) is 18.6 Å². The van der Waals surface area contributed by atoms with E-state index < -0.39 is 10.0 Å². The van der Waals surface area contributed by atoms with Gasteiger partial charge in [0.2, 0.25) is 10.0 Å². The van der Waals surface area contributed by atoms with Gasteiger partial charge >= 0.3 is 0 Å². The maximum Gasteiger partial charge on any atom is 0.211 e. The van der Waals surface area contributed by atoms with Crippen molar-refractivity contribution in [1.29, 1.82) is 0 Å². The molecule has 3 nitrogen and oxygen atoms in total. The zero-order chi connectivity index (χ0) is 10.9. The van der Waals surface area contributed by atoms with E-state index in [1.165, 1.54) is 0 Å². The maximum absolute atomic E-state index is 11.3. The van der Waals surface area contributed by atoms with Crippen LogP contribution in [0.5, 0.6) is 0 Å². The van der Waals surface area contributed by atoms with E-state index in [1.54, 1.807) is 0 Å². The van der Waals surface area contributed by atoms with Crippen LogP contribution in [0.2, 0.25) is 0 Å². The molecule has 0 fully saturated rings. The van der Waals surface area contributed by atoms with Crippen LogP contribution in [0.1, 0.15) is 45.4 Å². The number of rotatable bonds is 9. The van der Waals surface area contributed by atoms with Crippen LogP contribution in [0.3, 0.4) is 0 Å². The number of hydrogen-bond acceptors (Lipinski definition) is 2. The predicted octanol–water partition coefficient (Wildman–Crippen LogP) is 2.10. The molecule has 0 rings (SSSR count). The molecule has 0 aliphatic rings. The van der Waals surface area contributed by atoms with Gasteiger partial charge in [0.1, 0.15) is 0 Å². The normalized spacial score (nSPS) is 11.9. The number of sulfonamides is 1. The summed E-state index contributed by atoms with van der Waals surface area (Å²) < 4.78 is 25.3. The predicted molar refractivity (Wildman–Crippen MR) is 60.5 cm³/mol. The minimum atomic E-state index is -3.00. The monoisotopic (exact) mass is 220 g/mol. The molecule has 0 heterocycles. The Hall–Kier alpha value is -0.0900. The highest BCUT2D eigenvalue weighted by molar-refractivity contribution is 7.89. The van der Waals surface area contributed by atoms with Crippen molar-refractivity contribution in [1.82, 2.24) is 4.72 Å². The molecule has 0 amide bonds. The third-order valence-corrected chi connectivity index (χ3v) is 3.49. The third kappa shape index (κ3) is 8.51. The van der Waals surface area contributed by atoms with Gasteiger partial charge in [-0.25, -0.2) is 13.1 Å². The minimum Gasteiger partial charge on any atom is -0.215 e. The van der Waals surface area contributed by atoms with Crippen LogP contribution in [0, 0.1) is 6.92 Å². The molecule has 85 valence electrons. The summed E-state index contributed by atoms with van der Waals surface area (Å²) in [5.41, 5.74) is 0. The first-order valence-corrected chi connectivity index (χ1v) is 7.04. The van der Waals surface area contributed by atoms with Gasteiger partial charge in [0.15, 0.2) is 0 Å². The Morgan fingerprint density at radius 2 is 1.86 bits per heavy atom. The topological polar surface area (TPSA) is 46.2 Å². The summed E-state index contributed by atoms with van der Waals surface area (Å²) in [6.07, 6.45) is 5.55. The van der Waals surface area contributed by atoms with E-state index in [0.717, 1.165) is 38.5 Å². The van der Waals surface area contributed by atoms with Crippen molar-refractivity contribution in [3.63, 3.8) is 0 Å². The number of nitrogens with one attached hydrogen (secondary N) is 1. The van der Waals surface area contributed by atoms with Crippen molar-refractivity contribution in [2.45, 2.75) is 45.4 Å². The summed E-state index contributed by atoms with van der Waals surface area (Å²) in [6.45, 7) is 6.33. The highest BCUT2D eigenvalue weighted by atomic mass is 32.2. The average Bonchev–Trinajstić information content (AvgIpc) is 2.13. The van der Waals surface area contributed by atoms with Gasteiger partial charge in [0, 0.05) is 6.54 Å². The fraction of sp³-hybridized carbons (Fsp3) is 0.900. The fourth-order valence-corrected chi connectivity index (χ4v) is 2.33. The lowest BCUT2D eigenvalue weighted by atomic mass is 10.3. The van der Waals surface area contributed by atoms with E-state index >= 15 is 0 Å². The summed E-state index contributed by atoms with van der Waals surface area (Å²) in [5.74, 6) is 0.269. The Bertz CT molecular complexity index is 212. The first-order chi connectivity index (χ1) is 6.62. The summed E-state index contributed by atoms with van der Waals surface area (Å²) in [6, 6.07) is 0. The van der Waals surface area contributed by atoms with Crippen LogP contribution in [-0.4, -0.2) is 20.7 Å². The van der Waals surface area contributed by atoms with Gasteiger partial charge in [-0.05, 0) is 12.8 Å². The first kappa shape index (κ1) is 13.9. The molecule has 0 aromatic heterocycles. The quantitative estimate of drug-likeness (QED) is 0.605. The molecular formula is C10H22NO2S. The summed E-state index contributed by atoms with van der Waals surface area (Å²) in [7, 11) is -3.00. The lowest BCUT2D eigenvalue weighted by molar-refractivity contribution is 0.572. The third-order valence-electron chi connectivity index (χ3n) is 2.02. The average molecular weight is 220 g/mol. The van der Waals surface area contributed by atoms with Crippen molar-refractivity contribution in [3.8, 4) is 0 Å². The van der Waals surface area contributed by atoms with E-state index in [-0.39, 0.29) is 5.75 Å². The smallest absolute Gasteiger partial charge is 0.211 e. The molecule has 0 aromatic rings. The number of hydrogen-bond donors (Lipinski definition) is 1. The highest BCUT2D eigenvalue weighted by Gasteiger charge is 2.07. The molecule has 0 bridgehead atoms. The van der Waals surface area contributed by atoms with Gasteiger partial charge in [-0.1, -0.05) is 39.5 Å². The van der Waals surface area contributed by atoms with Crippen molar-refractivity contribution in [3.05, 3.63) is 6.92 Å². The zero-order valence-corrected chi connectivity index (χ0v) is 9.91. The summed E-state index contributed by atoms with van der Waals surface area (Å²) in [4.78, 5) is 0. The van der Waals surface area contributed by atoms with E-state index in [9.17, 15) is 8.42 Å². The van der Waals surface area contributed by atoms with Gasteiger partial charge in [-0.15, -0.1) is 0 Å². The molecule has 0 atom stereocenters. The summed E-state index contributed by atoms with van der Waals surface area (Å²) >= 11 is 0. The molecule has 0 saturated heterocycles. The first-order valence-electron chi connectivity index (χ1n) is 5.39. The van der Waals surface area contributed by atoms with Gasteiger partial charge in [0.05, 0.1) is 5.75 Å². The van der Waals surface area contributed by atoms with Crippen LogP contribution >= 0.6 is 0 Å². The molecule has 0 aromatic carbocycles. The Morgan fingerprint density at radius 3 is 2.43 bits per heavy atom. The Morgan fingerprint density at radius 1 is 1.14 bits per heavy atom. The molecule has 1 N–H and O–H groups in total. The SMILES string of the molecule is [CH2]CCCCNS(=O)(=O)CCCCC. The molecule has 0 aliphatic heterocycles. The molecule has 0 saturated carbocycles. The molecule has 14 heavy (non-hydrogen) atoms. The second kappa shape index (κ2) is 8.24. The molecule has 0 spiro atoms. The lowest BCUT2D eigenvalue weighted by Gasteiger charge is -2.05. The van der Waals surface area contributed by atoms with Crippen LogP contribution < -0.4 is 4.72 Å². The molecule has 4 heteroatoms. The van der Waals surface area contributed by atoms with Gasteiger partial charge < -0.3 is 0 Å². The lowest BCUT2D eigenvalue weighted by Crippen LogP contribution is -2.27. The standard InChI is InChI=1S/C10H22NO2S/c1-3-5-7-9-11-14(12,13)10-8-6-4-2/h11H,1,3-10H2,2H3. The van der Waals surface area contributed by atoms with Crippen LogP contribution in [0.15, 0.2) is 0 Å². The minimum absolute atomic E-state index is 0.269. The van der Waals surface area contributed by atoms with Crippen molar-refractivity contribution >= 4 is 10.0 Å². The zero-order valence-electron chi connectivity index (χ0n) is 9.09. The van der Waals surface area contributed by atoms with Gasteiger partial charge in [0.25, 0.3) is 0 Å². The maximum atomic E-state index is 11.3. The van der Waals surface area contributed by atoms with E-state index in [0.29, 0.717) is 6.54 Å². The van der Waals surface area contributed by atoms with Crippen molar-refractivity contribution in [2.24, 2.45) is 0 Å². The molecular weight excluding hydrogens is 198 g/mol. The second-order valence-corrected chi connectivity index (χ2v) is 5.41.